The third-order valence-electron chi connectivity index (χ3n) is 19.8. The lowest BCUT2D eigenvalue weighted by molar-refractivity contribution is -0.246. The molecule has 1 heterocycles. The fraction of sp³-hybridized carbons (Fsp3) is 0.672. The van der Waals surface area contributed by atoms with Gasteiger partial charge in [-0.3, -0.25) is 19.3 Å². The lowest BCUT2D eigenvalue weighted by atomic mass is 9.32. The number of carbonyl (C=O) groups is 5. The molecule has 1 aliphatic heterocycles. The lowest BCUT2D eigenvalue weighted by Crippen LogP contribution is -2.67. The van der Waals surface area contributed by atoms with Crippen LogP contribution in [0.5, 0.6) is 0 Å². The molecule has 5 saturated carbocycles. The summed E-state index contributed by atoms with van der Waals surface area (Å²) in [6, 6.07) is 13.6. The average molecular weight is 963 g/mol. The van der Waals surface area contributed by atoms with Crippen molar-refractivity contribution in [2.75, 3.05) is 33.3 Å². The van der Waals surface area contributed by atoms with E-state index in [9.17, 15) is 29.1 Å². The SMILES string of the molecule is C=C(C)[C@@H]1CC[C@]2(C(=O)NCCc3cccc(C(=O)NCc4ccc(C(=O)N5CCN(C(=O)OC(C)(C)C)C(C(=O)OC)C5)cc4)c3)CC[C@]3(C)C(CCC4[C@@]5(C)CC[C@H](O)C(C)(C)C5CC[C@]43C)C12. The van der Waals surface area contributed by atoms with Crippen molar-refractivity contribution in [1.29, 1.82) is 0 Å². The Balaban J connectivity index is 0.865. The number of carbonyl (C=O) groups excluding carboxylic acids is 5. The summed E-state index contributed by atoms with van der Waals surface area (Å²) in [7, 11) is 1.25. The van der Waals surface area contributed by atoms with Crippen molar-refractivity contribution in [1.82, 2.24) is 20.4 Å². The molecule has 382 valence electrons. The van der Waals surface area contributed by atoms with E-state index >= 15 is 0 Å². The van der Waals surface area contributed by atoms with Crippen LogP contribution >= 0.6 is 0 Å². The van der Waals surface area contributed by atoms with E-state index < -0.39 is 29.1 Å². The first kappa shape index (κ1) is 51.6. The van der Waals surface area contributed by atoms with Gasteiger partial charge in [-0.05, 0) is 185 Å². The van der Waals surface area contributed by atoms with Gasteiger partial charge in [0.15, 0.2) is 6.04 Å². The van der Waals surface area contributed by atoms with Crippen molar-refractivity contribution in [2.24, 2.45) is 56.7 Å². The Bertz CT molecular complexity index is 2360. The van der Waals surface area contributed by atoms with E-state index in [-0.39, 0.29) is 77.6 Å². The Kier molecular flexibility index (Phi) is 14.0. The van der Waals surface area contributed by atoms with E-state index in [1.807, 2.05) is 18.2 Å². The molecule has 0 aromatic heterocycles. The fourth-order valence-corrected chi connectivity index (χ4v) is 16.0. The molecule has 6 fully saturated rings. The molecule has 4 amide bonds. The quantitative estimate of drug-likeness (QED) is 0.157. The Morgan fingerprint density at radius 1 is 0.800 bits per heavy atom. The van der Waals surface area contributed by atoms with Gasteiger partial charge in [-0.1, -0.05) is 71.0 Å². The van der Waals surface area contributed by atoms with E-state index in [2.05, 4.69) is 58.8 Å². The molecule has 2 aromatic carbocycles. The van der Waals surface area contributed by atoms with Crippen molar-refractivity contribution in [3.63, 3.8) is 0 Å². The number of benzene rings is 2. The third-order valence-corrected chi connectivity index (χ3v) is 19.8. The van der Waals surface area contributed by atoms with Crippen LogP contribution in [0.4, 0.5) is 4.79 Å². The minimum Gasteiger partial charge on any atom is -0.467 e. The highest BCUT2D eigenvalue weighted by Gasteiger charge is 2.72. The molecular formula is C58H82N4O8. The molecule has 3 N–H and O–H groups in total. The number of aliphatic hydroxyl groups excluding tert-OH is 1. The van der Waals surface area contributed by atoms with Gasteiger partial charge in [0.05, 0.1) is 25.2 Å². The summed E-state index contributed by atoms with van der Waals surface area (Å²) in [5, 5.41) is 17.6. The van der Waals surface area contributed by atoms with Crippen molar-refractivity contribution < 1.29 is 38.6 Å². The Morgan fingerprint density at radius 2 is 1.53 bits per heavy atom. The predicted octanol–water partition coefficient (Wildman–Crippen LogP) is 9.53. The molecule has 0 radical (unpaired) electrons. The third kappa shape index (κ3) is 8.99. The van der Waals surface area contributed by atoms with E-state index in [1.54, 1.807) is 51.1 Å². The number of nitrogens with one attached hydrogen (secondary N) is 2. The van der Waals surface area contributed by atoms with Crippen LogP contribution in [0, 0.1) is 56.7 Å². The Morgan fingerprint density at radius 3 is 2.21 bits per heavy atom. The number of ether oxygens (including phenoxy) is 2. The van der Waals surface area contributed by atoms with Gasteiger partial charge in [0, 0.05) is 37.3 Å². The summed E-state index contributed by atoms with van der Waals surface area (Å²) in [4.78, 5) is 70.3. The van der Waals surface area contributed by atoms with Crippen LogP contribution in [0.1, 0.15) is 158 Å². The number of methoxy groups -OCH3 is 1. The van der Waals surface area contributed by atoms with E-state index in [4.69, 9.17) is 9.47 Å². The number of nitrogens with zero attached hydrogens (tertiary/aromatic N) is 2. The minimum absolute atomic E-state index is 0.0295. The summed E-state index contributed by atoms with van der Waals surface area (Å²) in [6.45, 7) is 25.5. The number of hydrogen-bond donors (Lipinski definition) is 3. The lowest BCUT2D eigenvalue weighted by Gasteiger charge is -2.72. The van der Waals surface area contributed by atoms with Gasteiger partial charge in [0.25, 0.3) is 11.8 Å². The van der Waals surface area contributed by atoms with Crippen LogP contribution in [0.3, 0.4) is 0 Å². The molecule has 12 nitrogen and oxygen atoms in total. The monoisotopic (exact) mass is 963 g/mol. The highest BCUT2D eigenvalue weighted by atomic mass is 16.6. The molecule has 2 aromatic rings. The first-order chi connectivity index (χ1) is 32.9. The highest BCUT2D eigenvalue weighted by molar-refractivity contribution is 5.96. The normalized spacial score (nSPS) is 34.4. The summed E-state index contributed by atoms with van der Waals surface area (Å²) in [5.41, 5.74) is 3.24. The molecule has 11 atom stereocenters. The molecule has 12 heteroatoms. The van der Waals surface area contributed by atoms with Gasteiger partial charge in [-0.15, -0.1) is 0 Å². The van der Waals surface area contributed by atoms with Crippen molar-refractivity contribution in [3.05, 3.63) is 82.9 Å². The average Bonchev–Trinajstić information content (AvgIpc) is 3.73. The Hall–Kier alpha value is -4.71. The van der Waals surface area contributed by atoms with Crippen LogP contribution in [0.25, 0.3) is 0 Å². The molecule has 5 aliphatic carbocycles. The largest absolute Gasteiger partial charge is 0.467 e. The van der Waals surface area contributed by atoms with Crippen LogP contribution in [0.2, 0.25) is 0 Å². The predicted molar refractivity (Wildman–Crippen MR) is 270 cm³/mol. The number of fused-ring (bicyclic) bond motifs is 7. The maximum atomic E-state index is 14.8. The van der Waals surface area contributed by atoms with Crippen LogP contribution in [-0.2, 0) is 32.0 Å². The highest BCUT2D eigenvalue weighted by Crippen LogP contribution is 2.77. The number of hydrogen-bond acceptors (Lipinski definition) is 8. The summed E-state index contributed by atoms with van der Waals surface area (Å²) < 4.78 is 10.5. The van der Waals surface area contributed by atoms with Crippen LogP contribution < -0.4 is 10.6 Å². The summed E-state index contributed by atoms with van der Waals surface area (Å²) >= 11 is 0. The number of allylic oxidation sites excluding steroid dienone is 1. The van der Waals surface area contributed by atoms with Crippen LogP contribution in [-0.4, -0.2) is 95.7 Å². The van der Waals surface area contributed by atoms with E-state index in [1.165, 1.54) is 41.7 Å². The number of piperazine rings is 1. The van der Waals surface area contributed by atoms with Gasteiger partial charge < -0.3 is 30.1 Å². The standard InChI is InChI=1S/C58H82N4O8/c1-36(2)41-21-27-58(29-28-56(9)42(47(41)58)19-20-45-55(8)25-23-46(63)54(6,7)44(55)22-26-57(45,56)10)51(67)59-30-24-37-13-12-14-40(33-37)48(64)60-34-38-15-17-39(18-16-38)49(65)61-31-32-62(43(35-61)50(66)69-11)52(68)70-53(3,4)5/h12-18,33,41-47,63H,1,19-32,34-35H2,2-11H3,(H,59,67)(H,60,64)/t41-,42?,43?,44?,45?,46-,47?,55-,56+,57+,58-/m0/s1. The zero-order valence-corrected chi connectivity index (χ0v) is 43.9. The zero-order chi connectivity index (χ0) is 50.8. The smallest absolute Gasteiger partial charge is 0.411 e. The molecule has 6 aliphatic rings. The molecule has 8 rings (SSSR count). The van der Waals surface area contributed by atoms with Gasteiger partial charge in [0.2, 0.25) is 5.91 Å². The molecule has 0 spiro atoms. The van der Waals surface area contributed by atoms with Crippen molar-refractivity contribution in [3.8, 4) is 0 Å². The molecule has 0 bridgehead atoms. The summed E-state index contributed by atoms with van der Waals surface area (Å²) in [6.07, 6.45) is 10.3. The molecule has 1 saturated heterocycles. The molecular weight excluding hydrogens is 881 g/mol. The number of aliphatic hydroxyl groups is 1. The molecule has 5 unspecified atom stereocenters. The second-order valence-corrected chi connectivity index (χ2v) is 24.8. The van der Waals surface area contributed by atoms with E-state index in [0.717, 1.165) is 56.1 Å². The fourth-order valence-electron chi connectivity index (χ4n) is 16.0. The van der Waals surface area contributed by atoms with Gasteiger partial charge in [-0.25, -0.2) is 9.59 Å². The maximum absolute atomic E-state index is 14.8. The number of rotatable bonds is 10. The van der Waals surface area contributed by atoms with Crippen LogP contribution in [0.15, 0.2) is 60.7 Å². The maximum Gasteiger partial charge on any atom is 0.411 e. The second-order valence-electron chi connectivity index (χ2n) is 24.8. The van der Waals surface area contributed by atoms with Crippen molar-refractivity contribution >= 4 is 29.8 Å². The number of amides is 4. The first-order valence-electron chi connectivity index (χ1n) is 26.3. The van der Waals surface area contributed by atoms with Gasteiger partial charge >= 0.3 is 12.1 Å². The topological polar surface area (TPSA) is 155 Å². The van der Waals surface area contributed by atoms with Gasteiger partial charge in [-0.2, -0.15) is 0 Å². The van der Waals surface area contributed by atoms with Gasteiger partial charge in [0.1, 0.15) is 5.60 Å². The minimum atomic E-state index is -0.997. The molecule has 70 heavy (non-hydrogen) atoms. The zero-order valence-electron chi connectivity index (χ0n) is 43.9. The van der Waals surface area contributed by atoms with E-state index in [0.29, 0.717) is 47.8 Å². The van der Waals surface area contributed by atoms with Crippen molar-refractivity contribution in [2.45, 2.75) is 157 Å². The first-order valence-corrected chi connectivity index (χ1v) is 26.3. The second kappa shape index (κ2) is 19.0. The summed E-state index contributed by atoms with van der Waals surface area (Å²) in [5.74, 6) is 1.27. The number of esters is 1. The Labute approximate surface area is 417 Å².